The van der Waals surface area contributed by atoms with E-state index in [1.54, 1.807) is 0 Å². The van der Waals surface area contributed by atoms with Gasteiger partial charge in [0.1, 0.15) is 0 Å². The molecule has 1 saturated carbocycles. The lowest BCUT2D eigenvalue weighted by molar-refractivity contribution is 0.174. The first-order valence-corrected chi connectivity index (χ1v) is 6.85. The summed E-state index contributed by atoms with van der Waals surface area (Å²) < 4.78 is 10.8. The minimum absolute atomic E-state index is 0.347. The summed E-state index contributed by atoms with van der Waals surface area (Å²) in [6.07, 6.45) is 4.04. The van der Waals surface area contributed by atoms with Crippen molar-refractivity contribution in [3.63, 3.8) is 0 Å². The van der Waals surface area contributed by atoms with E-state index >= 15 is 0 Å². The quantitative estimate of drug-likeness (QED) is 0.866. The fourth-order valence-corrected chi connectivity index (χ4v) is 2.50. The van der Waals surface area contributed by atoms with E-state index < -0.39 is 0 Å². The Hall–Kier alpha value is -1.22. The molecule has 3 nitrogen and oxygen atoms in total. The van der Waals surface area contributed by atoms with E-state index in [1.165, 1.54) is 24.8 Å². The van der Waals surface area contributed by atoms with Crippen LogP contribution in [-0.2, 0) is 0 Å². The number of fused-ring (bicyclic) bond motifs is 1. The Kier molecular flexibility index (Phi) is 2.94. The average molecular weight is 247 g/mol. The van der Waals surface area contributed by atoms with Crippen LogP contribution in [0.2, 0.25) is 0 Å². The Morgan fingerprint density at radius 3 is 2.78 bits per heavy atom. The summed E-state index contributed by atoms with van der Waals surface area (Å²) in [4.78, 5) is 0. The van der Waals surface area contributed by atoms with E-state index in [2.05, 4.69) is 31.3 Å². The number of ether oxygens (including phenoxy) is 2. The lowest BCUT2D eigenvalue weighted by atomic mass is 10.0. The van der Waals surface area contributed by atoms with Gasteiger partial charge in [-0.05, 0) is 49.3 Å². The molecule has 1 atom stereocenters. The smallest absolute Gasteiger partial charge is 0.231 e. The van der Waals surface area contributed by atoms with Crippen LogP contribution in [0.15, 0.2) is 18.2 Å². The van der Waals surface area contributed by atoms with E-state index in [0.717, 1.165) is 18.0 Å². The van der Waals surface area contributed by atoms with Crippen LogP contribution >= 0.6 is 0 Å². The van der Waals surface area contributed by atoms with Gasteiger partial charge in [0.25, 0.3) is 0 Å². The molecule has 0 aromatic heterocycles. The summed E-state index contributed by atoms with van der Waals surface area (Å²) in [7, 11) is 0. The van der Waals surface area contributed by atoms with Crippen LogP contribution in [0.1, 0.15) is 44.7 Å². The molecule has 3 heteroatoms. The molecule has 0 bridgehead atoms. The normalized spacial score (nSPS) is 20.8. The molecule has 1 fully saturated rings. The Morgan fingerprint density at radius 2 is 2.06 bits per heavy atom. The highest BCUT2D eigenvalue weighted by atomic mass is 16.7. The molecule has 1 unspecified atom stereocenters. The topological polar surface area (TPSA) is 30.5 Å². The van der Waals surface area contributed by atoms with Gasteiger partial charge in [0.2, 0.25) is 6.79 Å². The van der Waals surface area contributed by atoms with Gasteiger partial charge in [-0.25, -0.2) is 0 Å². The molecule has 18 heavy (non-hydrogen) atoms. The van der Waals surface area contributed by atoms with Gasteiger partial charge in [0.05, 0.1) is 0 Å². The molecule has 98 valence electrons. The maximum atomic E-state index is 5.42. The minimum Gasteiger partial charge on any atom is -0.454 e. The minimum atomic E-state index is 0.347. The van der Waals surface area contributed by atoms with Crippen molar-refractivity contribution in [3.05, 3.63) is 23.8 Å². The fourth-order valence-electron chi connectivity index (χ4n) is 2.50. The zero-order valence-electron chi connectivity index (χ0n) is 11.2. The van der Waals surface area contributed by atoms with Crippen LogP contribution in [0.4, 0.5) is 0 Å². The van der Waals surface area contributed by atoms with Crippen molar-refractivity contribution in [3.8, 4) is 11.5 Å². The molecule has 1 aromatic rings. The number of rotatable bonds is 5. The molecule has 0 radical (unpaired) electrons. The summed E-state index contributed by atoms with van der Waals surface area (Å²) in [5.41, 5.74) is 1.86. The molecule has 1 aliphatic heterocycles. The Labute approximate surface area is 108 Å². The van der Waals surface area contributed by atoms with Crippen LogP contribution < -0.4 is 14.8 Å². The van der Waals surface area contributed by atoms with Crippen LogP contribution in [0, 0.1) is 5.41 Å². The van der Waals surface area contributed by atoms with Crippen LogP contribution in [-0.4, -0.2) is 13.3 Å². The molecule has 0 spiro atoms. The zero-order valence-corrected chi connectivity index (χ0v) is 11.2. The lowest BCUT2D eigenvalue weighted by Gasteiger charge is -2.19. The van der Waals surface area contributed by atoms with Gasteiger partial charge in [0.15, 0.2) is 11.5 Å². The van der Waals surface area contributed by atoms with Gasteiger partial charge in [-0.2, -0.15) is 0 Å². The molecule has 1 aromatic carbocycles. The van der Waals surface area contributed by atoms with Crippen molar-refractivity contribution in [1.82, 2.24) is 5.32 Å². The van der Waals surface area contributed by atoms with Crippen molar-refractivity contribution >= 4 is 0 Å². The van der Waals surface area contributed by atoms with Gasteiger partial charge < -0.3 is 14.8 Å². The molecule has 1 aliphatic carbocycles. The van der Waals surface area contributed by atoms with Crippen molar-refractivity contribution < 1.29 is 9.47 Å². The van der Waals surface area contributed by atoms with E-state index in [9.17, 15) is 0 Å². The summed E-state index contributed by atoms with van der Waals surface area (Å²) >= 11 is 0. The first-order chi connectivity index (χ1) is 8.72. The second-order valence-electron chi connectivity index (χ2n) is 5.57. The van der Waals surface area contributed by atoms with Crippen molar-refractivity contribution in [1.29, 1.82) is 0 Å². The van der Waals surface area contributed by atoms with Gasteiger partial charge >= 0.3 is 0 Å². The fraction of sp³-hybridized carbons (Fsp3) is 0.600. The molecular weight excluding hydrogens is 226 g/mol. The monoisotopic (exact) mass is 247 g/mol. The molecule has 2 aliphatic rings. The second-order valence-corrected chi connectivity index (χ2v) is 5.57. The number of nitrogens with one attached hydrogen (secondary N) is 1. The third-order valence-corrected chi connectivity index (χ3v) is 4.39. The SMILES string of the molecule is CCC1(CNC(C)c2ccc3c(c2)OCO3)CC1. The molecule has 1 N–H and O–H groups in total. The van der Waals surface area contributed by atoms with E-state index in [4.69, 9.17) is 9.47 Å². The van der Waals surface area contributed by atoms with Gasteiger partial charge in [0, 0.05) is 12.6 Å². The highest BCUT2D eigenvalue weighted by Crippen LogP contribution is 2.48. The Bertz CT molecular complexity index is 440. The average Bonchev–Trinajstić information content (AvgIpc) is 3.04. The number of hydrogen-bond acceptors (Lipinski definition) is 3. The second kappa shape index (κ2) is 4.47. The van der Waals surface area contributed by atoms with Gasteiger partial charge in [-0.3, -0.25) is 0 Å². The molecule has 3 rings (SSSR count). The molecular formula is C15H21NO2. The summed E-state index contributed by atoms with van der Waals surface area (Å²) in [6, 6.07) is 6.58. The first-order valence-electron chi connectivity index (χ1n) is 6.85. The van der Waals surface area contributed by atoms with Crippen LogP contribution in [0.3, 0.4) is 0 Å². The summed E-state index contributed by atoms with van der Waals surface area (Å²) in [5.74, 6) is 1.73. The standard InChI is InChI=1S/C15H21NO2/c1-3-15(6-7-15)9-16-11(2)12-4-5-13-14(8-12)18-10-17-13/h4-5,8,11,16H,3,6-7,9-10H2,1-2H3. The number of benzene rings is 1. The van der Waals surface area contributed by atoms with Crippen LogP contribution in [0.25, 0.3) is 0 Å². The lowest BCUT2D eigenvalue weighted by Crippen LogP contribution is -2.26. The third kappa shape index (κ3) is 2.19. The third-order valence-electron chi connectivity index (χ3n) is 4.39. The predicted octanol–water partition coefficient (Wildman–Crippen LogP) is 3.26. The Balaban J connectivity index is 1.63. The summed E-state index contributed by atoms with van der Waals surface area (Å²) in [6.45, 7) is 5.97. The molecule has 0 saturated heterocycles. The Morgan fingerprint density at radius 1 is 1.28 bits per heavy atom. The largest absolute Gasteiger partial charge is 0.454 e. The van der Waals surface area contributed by atoms with E-state index in [-0.39, 0.29) is 0 Å². The van der Waals surface area contributed by atoms with Crippen molar-refractivity contribution in [2.24, 2.45) is 5.41 Å². The highest BCUT2D eigenvalue weighted by Gasteiger charge is 2.40. The number of hydrogen-bond donors (Lipinski definition) is 1. The summed E-state index contributed by atoms with van der Waals surface area (Å²) in [5, 5.41) is 3.65. The van der Waals surface area contributed by atoms with E-state index in [0.29, 0.717) is 18.2 Å². The maximum Gasteiger partial charge on any atom is 0.231 e. The zero-order chi connectivity index (χ0) is 12.6. The van der Waals surface area contributed by atoms with Gasteiger partial charge in [-0.15, -0.1) is 0 Å². The first kappa shape index (κ1) is 11.8. The van der Waals surface area contributed by atoms with Crippen LogP contribution in [0.5, 0.6) is 11.5 Å². The predicted molar refractivity (Wildman–Crippen MR) is 70.9 cm³/mol. The van der Waals surface area contributed by atoms with E-state index in [1.807, 2.05) is 6.07 Å². The molecule has 1 heterocycles. The van der Waals surface area contributed by atoms with Gasteiger partial charge in [-0.1, -0.05) is 13.0 Å². The molecule has 0 amide bonds. The maximum absolute atomic E-state index is 5.42. The van der Waals surface area contributed by atoms with Crippen molar-refractivity contribution in [2.45, 2.75) is 39.2 Å². The highest BCUT2D eigenvalue weighted by molar-refractivity contribution is 5.45. The van der Waals surface area contributed by atoms with Crippen molar-refractivity contribution in [2.75, 3.05) is 13.3 Å².